The molecule has 1 aromatic heterocycles. The van der Waals surface area contributed by atoms with Crippen molar-refractivity contribution in [3.05, 3.63) is 35.0 Å². The number of hydrogen-bond acceptors (Lipinski definition) is 4. The van der Waals surface area contributed by atoms with Gasteiger partial charge in [-0.2, -0.15) is 0 Å². The van der Waals surface area contributed by atoms with Gasteiger partial charge >= 0.3 is 6.09 Å². The summed E-state index contributed by atoms with van der Waals surface area (Å²) < 4.78 is 11.1. The average molecular weight is 533 g/mol. The number of benzene rings is 1. The highest BCUT2D eigenvalue weighted by Crippen LogP contribution is 2.39. The zero-order valence-corrected chi connectivity index (χ0v) is 24.2. The number of carbonyl (C=O) groups excluding carboxylic acids is 1. The fourth-order valence-electron chi connectivity index (χ4n) is 4.58. The molecule has 0 radical (unpaired) electrons. The van der Waals surface area contributed by atoms with E-state index in [4.69, 9.17) is 20.9 Å². The van der Waals surface area contributed by atoms with Crippen molar-refractivity contribution in [3.8, 4) is 17.0 Å². The molecule has 5 nitrogen and oxygen atoms in total. The first-order chi connectivity index (χ1) is 18.0. The first kappa shape index (κ1) is 31.2. The van der Waals surface area contributed by atoms with Crippen molar-refractivity contribution in [2.75, 3.05) is 6.54 Å². The number of aromatic nitrogens is 1. The van der Waals surface area contributed by atoms with Gasteiger partial charge in [0.2, 0.25) is 5.75 Å². The first-order valence-corrected chi connectivity index (χ1v) is 15.1. The van der Waals surface area contributed by atoms with E-state index in [-0.39, 0.29) is 5.92 Å². The number of unbranched alkanes of at least 4 members (excludes halogenated alkanes) is 15. The van der Waals surface area contributed by atoms with E-state index in [0.717, 1.165) is 12.8 Å². The predicted molar refractivity (Wildman–Crippen MR) is 155 cm³/mol. The van der Waals surface area contributed by atoms with Gasteiger partial charge in [-0.15, -0.1) is 0 Å². The lowest BCUT2D eigenvalue weighted by atomic mass is 10.0. The van der Waals surface area contributed by atoms with Gasteiger partial charge in [0.05, 0.1) is 5.02 Å². The van der Waals surface area contributed by atoms with Crippen LogP contribution in [0.1, 0.15) is 135 Å². The van der Waals surface area contributed by atoms with E-state index in [1.54, 1.807) is 6.07 Å². The summed E-state index contributed by atoms with van der Waals surface area (Å²) >= 11 is 6.33. The second-order valence-electron chi connectivity index (χ2n) is 10.5. The number of nitrogens with one attached hydrogen (secondary N) is 1. The SMILES string of the molecule is CCCCCCCCCCCCCCCCCCNC(=O)Oc1c(-c2ccccc2Cl)noc1C(C)C. The summed E-state index contributed by atoms with van der Waals surface area (Å²) in [6.07, 6.45) is 20.8. The number of ether oxygens (including phenoxy) is 1. The monoisotopic (exact) mass is 532 g/mol. The van der Waals surface area contributed by atoms with E-state index in [2.05, 4.69) is 17.4 Å². The highest BCUT2D eigenvalue weighted by atomic mass is 35.5. The van der Waals surface area contributed by atoms with Crippen LogP contribution in [0.25, 0.3) is 11.3 Å². The largest absolute Gasteiger partial charge is 0.412 e. The molecule has 0 saturated heterocycles. The van der Waals surface area contributed by atoms with Crippen LogP contribution in [0.15, 0.2) is 28.8 Å². The minimum absolute atomic E-state index is 0.0202. The molecule has 2 rings (SSSR count). The van der Waals surface area contributed by atoms with E-state index < -0.39 is 6.09 Å². The van der Waals surface area contributed by atoms with Crippen LogP contribution in [-0.4, -0.2) is 17.8 Å². The summed E-state index contributed by atoms with van der Waals surface area (Å²) in [5, 5.41) is 7.54. The summed E-state index contributed by atoms with van der Waals surface area (Å²) in [4.78, 5) is 12.5. The van der Waals surface area contributed by atoms with Crippen molar-refractivity contribution >= 4 is 17.7 Å². The minimum Gasteiger partial charge on any atom is -0.404 e. The maximum atomic E-state index is 12.5. The van der Waals surface area contributed by atoms with Crippen molar-refractivity contribution in [1.82, 2.24) is 10.5 Å². The number of halogens is 1. The Kier molecular flexibility index (Phi) is 16.1. The molecular weight excluding hydrogens is 484 g/mol. The fraction of sp³-hybridized carbons (Fsp3) is 0.677. The van der Waals surface area contributed by atoms with Crippen molar-refractivity contribution in [2.45, 2.75) is 129 Å². The molecule has 0 saturated carbocycles. The third-order valence-corrected chi connectivity index (χ3v) is 7.15. The van der Waals surface area contributed by atoms with Gasteiger partial charge in [0, 0.05) is 18.0 Å². The van der Waals surface area contributed by atoms with E-state index in [1.807, 2.05) is 32.0 Å². The molecule has 0 unspecified atom stereocenters. The molecular formula is C31H49ClN2O3. The number of hydrogen-bond donors (Lipinski definition) is 1. The molecule has 37 heavy (non-hydrogen) atoms. The van der Waals surface area contributed by atoms with Gasteiger partial charge in [-0.1, -0.05) is 152 Å². The van der Waals surface area contributed by atoms with Crippen LogP contribution in [0.2, 0.25) is 5.02 Å². The summed E-state index contributed by atoms with van der Waals surface area (Å²) in [5.41, 5.74) is 1.13. The number of rotatable bonds is 20. The van der Waals surface area contributed by atoms with Gasteiger partial charge < -0.3 is 14.6 Å². The van der Waals surface area contributed by atoms with Gasteiger partial charge in [0.15, 0.2) is 11.5 Å². The maximum Gasteiger partial charge on any atom is 0.412 e. The second kappa shape index (κ2) is 19.1. The summed E-state index contributed by atoms with van der Waals surface area (Å²) in [6.45, 7) is 6.82. The molecule has 0 bridgehead atoms. The van der Waals surface area contributed by atoms with Crippen LogP contribution in [-0.2, 0) is 0 Å². The van der Waals surface area contributed by atoms with Crippen LogP contribution < -0.4 is 10.1 Å². The molecule has 1 aromatic carbocycles. The maximum absolute atomic E-state index is 12.5. The van der Waals surface area contributed by atoms with Crippen LogP contribution in [0.5, 0.6) is 5.75 Å². The smallest absolute Gasteiger partial charge is 0.404 e. The Morgan fingerprint density at radius 1 is 0.865 bits per heavy atom. The molecule has 1 amide bonds. The molecule has 1 heterocycles. The average Bonchev–Trinajstić information content (AvgIpc) is 3.29. The van der Waals surface area contributed by atoms with Crippen LogP contribution in [0.3, 0.4) is 0 Å². The normalized spacial score (nSPS) is 11.3. The lowest BCUT2D eigenvalue weighted by molar-refractivity contribution is 0.199. The highest BCUT2D eigenvalue weighted by molar-refractivity contribution is 6.33. The van der Waals surface area contributed by atoms with E-state index in [9.17, 15) is 4.79 Å². The Balaban J connectivity index is 1.53. The Labute approximate surface area is 230 Å². The molecule has 0 aliphatic heterocycles. The lowest BCUT2D eigenvalue weighted by Crippen LogP contribution is -2.28. The molecule has 2 aromatic rings. The van der Waals surface area contributed by atoms with Crippen molar-refractivity contribution in [3.63, 3.8) is 0 Å². The highest BCUT2D eigenvalue weighted by Gasteiger charge is 2.25. The Morgan fingerprint density at radius 2 is 1.38 bits per heavy atom. The van der Waals surface area contributed by atoms with Crippen LogP contribution in [0.4, 0.5) is 4.79 Å². The third-order valence-electron chi connectivity index (χ3n) is 6.82. The zero-order chi connectivity index (χ0) is 26.7. The van der Waals surface area contributed by atoms with E-state index >= 15 is 0 Å². The van der Waals surface area contributed by atoms with Crippen molar-refractivity contribution in [1.29, 1.82) is 0 Å². The molecule has 0 atom stereocenters. The first-order valence-electron chi connectivity index (χ1n) is 14.7. The van der Waals surface area contributed by atoms with Gasteiger partial charge in [-0.25, -0.2) is 4.79 Å². The molecule has 1 N–H and O–H groups in total. The van der Waals surface area contributed by atoms with Crippen LogP contribution >= 0.6 is 11.6 Å². The Hall–Kier alpha value is -2.01. The number of amides is 1. The van der Waals surface area contributed by atoms with Crippen molar-refractivity contribution in [2.24, 2.45) is 0 Å². The van der Waals surface area contributed by atoms with Gasteiger partial charge in [-0.05, 0) is 12.5 Å². The quantitative estimate of drug-likeness (QED) is 0.172. The zero-order valence-electron chi connectivity index (χ0n) is 23.5. The number of carbonyl (C=O) groups is 1. The lowest BCUT2D eigenvalue weighted by Gasteiger charge is -2.09. The number of nitrogens with zero attached hydrogens (tertiary/aromatic N) is 1. The molecule has 0 fully saturated rings. The van der Waals surface area contributed by atoms with Crippen molar-refractivity contribution < 1.29 is 14.1 Å². The van der Waals surface area contributed by atoms with E-state index in [1.165, 1.54) is 89.9 Å². The van der Waals surface area contributed by atoms with Gasteiger partial charge in [0.1, 0.15) is 0 Å². The predicted octanol–water partition coefficient (Wildman–Crippen LogP) is 10.5. The van der Waals surface area contributed by atoms with Gasteiger partial charge in [-0.3, -0.25) is 0 Å². The standard InChI is InChI=1S/C31H49ClN2O3/c1-4-5-6-7-8-9-10-11-12-13-14-15-16-17-18-21-24-33-31(35)36-30-28(34-37-29(30)25(2)3)26-22-19-20-23-27(26)32/h19-20,22-23,25H,4-18,21,24H2,1-3H3,(H,33,35). The Morgan fingerprint density at radius 3 is 1.89 bits per heavy atom. The second-order valence-corrected chi connectivity index (χ2v) is 10.9. The summed E-state index contributed by atoms with van der Waals surface area (Å²) in [5.74, 6) is 0.895. The minimum atomic E-state index is -0.487. The fourth-order valence-corrected chi connectivity index (χ4v) is 4.80. The Bertz CT molecular complexity index is 881. The van der Waals surface area contributed by atoms with Gasteiger partial charge in [0.25, 0.3) is 0 Å². The third kappa shape index (κ3) is 12.4. The topological polar surface area (TPSA) is 64.4 Å². The summed E-state index contributed by atoms with van der Waals surface area (Å²) in [6, 6.07) is 7.33. The molecule has 0 aliphatic rings. The molecule has 6 heteroatoms. The molecule has 208 valence electrons. The van der Waals surface area contributed by atoms with Crippen LogP contribution in [0, 0.1) is 0 Å². The van der Waals surface area contributed by atoms with E-state index in [0.29, 0.717) is 34.3 Å². The summed E-state index contributed by atoms with van der Waals surface area (Å²) in [7, 11) is 0. The molecule has 0 aliphatic carbocycles. The molecule has 0 spiro atoms.